The summed E-state index contributed by atoms with van der Waals surface area (Å²) in [5.74, 6) is -2.65. The van der Waals surface area contributed by atoms with E-state index in [1.165, 1.54) is 85.3 Å². The van der Waals surface area contributed by atoms with Gasteiger partial charge in [0, 0.05) is 76.8 Å². The van der Waals surface area contributed by atoms with Gasteiger partial charge >= 0.3 is 47.8 Å². The summed E-state index contributed by atoms with van der Waals surface area (Å²) in [6.45, 7) is 30.9. The van der Waals surface area contributed by atoms with Crippen LogP contribution in [0.1, 0.15) is 111 Å². The van der Waals surface area contributed by atoms with Crippen LogP contribution in [0.2, 0.25) is 0 Å². The van der Waals surface area contributed by atoms with Crippen molar-refractivity contribution in [3.8, 4) is 0 Å². The summed E-state index contributed by atoms with van der Waals surface area (Å²) in [7, 11) is 32.1. The van der Waals surface area contributed by atoms with Crippen LogP contribution in [0.4, 0.5) is 0 Å². The van der Waals surface area contributed by atoms with Crippen LogP contribution >= 0.6 is 0 Å². The molecule has 36 heteroatoms. The Bertz CT molecular complexity index is 2350. The van der Waals surface area contributed by atoms with E-state index in [1.807, 2.05) is 206 Å². The third kappa shape index (κ3) is 24.5. The minimum Gasteiger partial charge on any atom is -0.467 e. The summed E-state index contributed by atoms with van der Waals surface area (Å²) in [5.41, 5.74) is -1.56. The van der Waals surface area contributed by atoms with Gasteiger partial charge in [0.1, 0.15) is 22.9 Å². The van der Waals surface area contributed by atoms with Crippen molar-refractivity contribution in [3.63, 3.8) is 0 Å². The van der Waals surface area contributed by atoms with Crippen LogP contribution in [-0.4, -0.2) is 374 Å². The molecule has 36 nitrogen and oxygen atoms in total. The van der Waals surface area contributed by atoms with Gasteiger partial charge in [-0.15, -0.1) is 0 Å². The number of likely N-dealkylation sites (N-methyl/N-ethyl adjacent to an activating group) is 8. The third-order valence-corrected chi connectivity index (χ3v) is 20.2. The molecular weight excluding hydrogens is 1380 g/mol. The highest BCUT2D eigenvalue weighted by atomic mass is 16.7. The van der Waals surface area contributed by atoms with E-state index < -0.39 is 97.4 Å². The SMILES string of the molecule is COC(=O)C1OC(C)(C)N(C)[C@@H]1C.COC(=O)C1OC(C)(C)N(C)[C@@H]1C.COC(=O)C1OC(C)(C)N(C)[C@H]1C.COC(=O)C1OC(C)(C)N(C)[C@H]1C.COC(=O)C1OC(OC)N(C)[C@@H]1C.COC(=O)C1OC(OC)N(C)[C@@H]1C.COC(=O)C1OC(OC)N(C)[C@H]1C.COC(=O)C1OC(OC)N(C)[C@H]1C. The molecule has 0 N–H and O–H groups in total. The van der Waals surface area contributed by atoms with E-state index in [0.29, 0.717) is 0 Å². The number of hydrogen-bond acceptors (Lipinski definition) is 36. The van der Waals surface area contributed by atoms with Crippen molar-refractivity contribution >= 4 is 47.8 Å². The normalized spacial score (nSPS) is 34.1. The van der Waals surface area contributed by atoms with E-state index in [-0.39, 0.29) is 96.1 Å². The molecule has 0 aromatic heterocycles. The molecule has 12 unspecified atom stereocenters. The molecule has 8 fully saturated rings. The Labute approximate surface area is 616 Å². The van der Waals surface area contributed by atoms with Gasteiger partial charge in [-0.25, -0.2) is 38.4 Å². The molecule has 8 heterocycles. The molecule has 104 heavy (non-hydrogen) atoms. The molecule has 0 saturated carbocycles. The predicted molar refractivity (Wildman–Crippen MR) is 372 cm³/mol. The van der Waals surface area contributed by atoms with Crippen LogP contribution in [0.5, 0.6) is 0 Å². The smallest absolute Gasteiger partial charge is 0.336 e. The first-order valence-electron chi connectivity index (χ1n) is 33.9. The fourth-order valence-electron chi connectivity index (χ4n) is 11.5. The van der Waals surface area contributed by atoms with Crippen LogP contribution in [0.15, 0.2) is 0 Å². The molecule has 0 radical (unpaired) electrons. The zero-order valence-corrected chi connectivity index (χ0v) is 68.6. The van der Waals surface area contributed by atoms with Crippen molar-refractivity contribution in [1.29, 1.82) is 0 Å². The van der Waals surface area contributed by atoms with Gasteiger partial charge < -0.3 is 94.7 Å². The van der Waals surface area contributed by atoms with Crippen LogP contribution < -0.4 is 0 Å². The van der Waals surface area contributed by atoms with E-state index in [4.69, 9.17) is 56.8 Å². The van der Waals surface area contributed by atoms with Crippen LogP contribution in [0.3, 0.4) is 0 Å². The lowest BCUT2D eigenvalue weighted by Gasteiger charge is -2.27. The first-order chi connectivity index (χ1) is 48.0. The number of nitrogens with zero attached hydrogens (tertiary/aromatic N) is 8. The highest BCUT2D eigenvalue weighted by molar-refractivity contribution is 5.79. The number of rotatable bonds is 12. The fourth-order valence-corrected chi connectivity index (χ4v) is 11.5. The lowest BCUT2D eigenvalue weighted by Crippen LogP contribution is -2.40. The first kappa shape index (κ1) is 97.0. The number of ether oxygens (including phenoxy) is 20. The van der Waals surface area contributed by atoms with Gasteiger partial charge in [0.25, 0.3) is 0 Å². The maximum Gasteiger partial charge on any atom is 0.336 e. The maximum atomic E-state index is 11.3. The molecule has 608 valence electrons. The standard InChI is InChI=1S/4C9H17NO3.4C8H15NO4/c4*1-6-7(8(11)12-5)13-9(2,3)10(6)4;4*1-5-6(7(10)11-3)13-8(12-4)9(5)2/h4*6-7H,1-5H3;4*5-6,8H,1-4H3/t4*6-,7?;4*5-,6?,8?/m11001100/s1. The largest absolute Gasteiger partial charge is 0.467 e. The molecule has 0 aromatic rings. The zero-order chi connectivity index (χ0) is 80.9. The van der Waals surface area contributed by atoms with Crippen molar-refractivity contribution < 1.29 is 133 Å². The van der Waals surface area contributed by atoms with Crippen molar-refractivity contribution in [2.24, 2.45) is 0 Å². The molecular formula is C68H128N8O28. The minimum absolute atomic E-state index is 0.0302. The predicted octanol–water partition coefficient (Wildman–Crippen LogP) is 1.69. The second kappa shape index (κ2) is 42.6. The maximum absolute atomic E-state index is 11.3. The molecule has 0 spiro atoms. The van der Waals surface area contributed by atoms with Gasteiger partial charge in [0.05, 0.1) is 56.9 Å². The molecule has 8 rings (SSSR count). The monoisotopic (exact) mass is 1500 g/mol. The number of methoxy groups -OCH3 is 12. The minimum atomic E-state index is -0.556. The van der Waals surface area contributed by atoms with Crippen molar-refractivity contribution in [3.05, 3.63) is 0 Å². The number of hydrogen-bond donors (Lipinski definition) is 0. The molecule has 8 aliphatic heterocycles. The van der Waals surface area contributed by atoms with Gasteiger partial charge in [0.15, 0.2) is 48.8 Å². The highest BCUT2D eigenvalue weighted by Gasteiger charge is 2.51. The Kier molecular flexibility index (Phi) is 39.8. The third-order valence-electron chi connectivity index (χ3n) is 20.2. The topological polar surface area (TPSA) is 347 Å². The Hall–Kier alpha value is -5.04. The van der Waals surface area contributed by atoms with Gasteiger partial charge in [-0.1, -0.05) is 0 Å². The lowest BCUT2D eigenvalue weighted by atomic mass is 10.2. The number of carbonyl (C=O) groups is 8. The van der Waals surface area contributed by atoms with E-state index in [0.717, 1.165) is 0 Å². The number of carbonyl (C=O) groups excluding carboxylic acids is 8. The lowest BCUT2D eigenvalue weighted by molar-refractivity contribution is -0.182. The number of esters is 8. The van der Waals surface area contributed by atoms with Crippen LogP contribution in [-0.2, 0) is 133 Å². The molecule has 0 aromatic carbocycles. The molecule has 8 saturated heterocycles. The second-order valence-corrected chi connectivity index (χ2v) is 27.6. The highest BCUT2D eigenvalue weighted by Crippen LogP contribution is 2.35. The summed E-state index contributed by atoms with van der Waals surface area (Å²) >= 11 is 0. The van der Waals surface area contributed by atoms with Crippen molar-refractivity contribution in [1.82, 2.24) is 39.2 Å². The second-order valence-electron chi connectivity index (χ2n) is 27.6. The molecule has 8 aliphatic rings. The summed E-state index contributed by atoms with van der Waals surface area (Å²) in [6.07, 6.45) is -5.93. The summed E-state index contributed by atoms with van der Waals surface area (Å²) in [6, 6.07) is 0.111. The Morgan fingerprint density at radius 1 is 0.231 bits per heavy atom. The molecule has 0 amide bonds. The Balaban J connectivity index is 0.000000594. The van der Waals surface area contributed by atoms with Gasteiger partial charge in [0.2, 0.25) is 25.7 Å². The van der Waals surface area contributed by atoms with Gasteiger partial charge in [-0.05, 0) is 167 Å². The van der Waals surface area contributed by atoms with E-state index in [9.17, 15) is 38.4 Å². The molecule has 0 aliphatic carbocycles. The average Bonchev–Trinajstić information content (AvgIpc) is 1.65. The van der Waals surface area contributed by atoms with E-state index in [2.05, 4.69) is 37.9 Å². The van der Waals surface area contributed by atoms with Crippen LogP contribution in [0.25, 0.3) is 0 Å². The van der Waals surface area contributed by atoms with Crippen LogP contribution in [0, 0.1) is 0 Å². The van der Waals surface area contributed by atoms with E-state index >= 15 is 0 Å². The van der Waals surface area contributed by atoms with Gasteiger partial charge in [-0.3, -0.25) is 39.2 Å². The quantitative estimate of drug-likeness (QED) is 0.198. The Morgan fingerprint density at radius 2 is 0.356 bits per heavy atom. The zero-order valence-electron chi connectivity index (χ0n) is 68.6. The fraction of sp³-hybridized carbons (Fsp3) is 0.882. The van der Waals surface area contributed by atoms with Gasteiger partial charge in [-0.2, -0.15) is 0 Å². The van der Waals surface area contributed by atoms with Crippen molar-refractivity contribution in [2.75, 3.05) is 142 Å². The van der Waals surface area contributed by atoms with Crippen molar-refractivity contribution in [2.45, 2.75) is 257 Å². The average molecular weight is 1510 g/mol. The van der Waals surface area contributed by atoms with E-state index in [1.54, 1.807) is 0 Å². The first-order valence-corrected chi connectivity index (χ1v) is 33.9. The summed E-state index contributed by atoms with van der Waals surface area (Å²) in [4.78, 5) is 105. The summed E-state index contributed by atoms with van der Waals surface area (Å²) < 4.78 is 101. The summed E-state index contributed by atoms with van der Waals surface area (Å²) in [5, 5.41) is 0. The molecule has 0 bridgehead atoms. The molecule has 20 atom stereocenters. The Morgan fingerprint density at radius 3 is 0.442 bits per heavy atom.